The molecular weight excluding hydrogens is 480 g/mol. The number of carbonyl (C=O) groups is 1. The summed E-state index contributed by atoms with van der Waals surface area (Å²) in [5.74, 6) is 2.05. The second-order valence-corrected chi connectivity index (χ2v) is 10.7. The van der Waals surface area contributed by atoms with Gasteiger partial charge >= 0.3 is 0 Å². The average Bonchev–Trinajstić information content (AvgIpc) is 3.64. The van der Waals surface area contributed by atoms with Crippen molar-refractivity contribution in [2.75, 3.05) is 50.8 Å². The first-order valence-electron chi connectivity index (χ1n) is 14.2. The van der Waals surface area contributed by atoms with Crippen molar-refractivity contribution in [1.29, 1.82) is 0 Å². The molecule has 1 saturated carbocycles. The monoisotopic (exact) mass is 518 g/mol. The number of fused-ring (bicyclic) bond motifs is 1. The van der Waals surface area contributed by atoms with Crippen molar-refractivity contribution < 1.29 is 9.53 Å². The van der Waals surface area contributed by atoms with Gasteiger partial charge in [0.25, 0.3) is 0 Å². The predicted octanol–water partition coefficient (Wildman–Crippen LogP) is 2.97. The number of carbonyl (C=O) groups excluding carboxylic acids is 1. The molecule has 6 rings (SSSR count). The molecule has 3 aliphatic rings. The zero-order chi connectivity index (χ0) is 25.9. The van der Waals surface area contributed by atoms with Gasteiger partial charge in [-0.2, -0.15) is 5.10 Å². The molecule has 0 N–H and O–H groups in total. The molecular formula is C28H38N8O2. The van der Waals surface area contributed by atoms with Crippen LogP contribution in [0, 0.1) is 5.92 Å². The second kappa shape index (κ2) is 11.2. The van der Waals surface area contributed by atoms with Gasteiger partial charge in [-0.15, -0.1) is 0 Å². The minimum atomic E-state index is 0.194. The number of pyridine rings is 1. The first-order valence-corrected chi connectivity index (χ1v) is 14.2. The van der Waals surface area contributed by atoms with E-state index in [-0.39, 0.29) is 5.92 Å². The van der Waals surface area contributed by atoms with Crippen LogP contribution in [0.1, 0.15) is 51.1 Å². The van der Waals surface area contributed by atoms with Crippen molar-refractivity contribution in [3.8, 4) is 5.88 Å². The molecule has 0 aromatic carbocycles. The number of aromatic nitrogens is 5. The van der Waals surface area contributed by atoms with Crippen LogP contribution < -0.4 is 9.64 Å². The predicted molar refractivity (Wildman–Crippen MR) is 145 cm³/mol. The van der Waals surface area contributed by atoms with Crippen molar-refractivity contribution in [3.05, 3.63) is 36.4 Å². The van der Waals surface area contributed by atoms with Crippen molar-refractivity contribution in [2.45, 2.75) is 58.0 Å². The molecule has 0 atom stereocenters. The van der Waals surface area contributed by atoms with Crippen LogP contribution >= 0.6 is 0 Å². The highest BCUT2D eigenvalue weighted by molar-refractivity contribution is 5.87. The average molecular weight is 519 g/mol. The number of amides is 1. The number of hydrogen-bond acceptors (Lipinski definition) is 8. The summed E-state index contributed by atoms with van der Waals surface area (Å²) in [4.78, 5) is 34.0. The molecule has 1 amide bonds. The summed E-state index contributed by atoms with van der Waals surface area (Å²) in [5.41, 5.74) is 1.65. The van der Waals surface area contributed by atoms with Crippen LogP contribution in [-0.2, 0) is 11.3 Å². The van der Waals surface area contributed by atoms with Gasteiger partial charge in [-0.25, -0.2) is 19.6 Å². The second-order valence-electron chi connectivity index (χ2n) is 10.7. The van der Waals surface area contributed by atoms with E-state index in [0.717, 1.165) is 61.6 Å². The number of rotatable bonds is 7. The Morgan fingerprint density at radius 3 is 2.55 bits per heavy atom. The maximum Gasteiger partial charge on any atom is 0.225 e. The number of piperazine rings is 1. The van der Waals surface area contributed by atoms with Gasteiger partial charge in [0.2, 0.25) is 11.8 Å². The van der Waals surface area contributed by atoms with Gasteiger partial charge in [0.1, 0.15) is 12.1 Å². The van der Waals surface area contributed by atoms with E-state index >= 15 is 0 Å². The topological polar surface area (TPSA) is 92.5 Å². The van der Waals surface area contributed by atoms with Crippen LogP contribution in [0.5, 0.6) is 5.88 Å². The molecule has 10 heteroatoms. The highest BCUT2D eigenvalue weighted by Gasteiger charge is 2.34. The number of hydrogen-bond donors (Lipinski definition) is 0. The number of ether oxygens (including phenoxy) is 1. The molecule has 0 spiro atoms. The van der Waals surface area contributed by atoms with Crippen LogP contribution in [0.4, 0.5) is 5.82 Å². The number of nitrogens with zero attached hydrogens (tertiary/aromatic N) is 8. The van der Waals surface area contributed by atoms with E-state index in [4.69, 9.17) is 4.74 Å². The molecule has 3 fully saturated rings. The van der Waals surface area contributed by atoms with E-state index in [1.54, 1.807) is 6.33 Å². The van der Waals surface area contributed by atoms with Gasteiger partial charge in [-0.1, -0.05) is 6.07 Å². The fourth-order valence-corrected chi connectivity index (χ4v) is 6.37. The van der Waals surface area contributed by atoms with Gasteiger partial charge < -0.3 is 19.4 Å². The summed E-state index contributed by atoms with van der Waals surface area (Å²) in [7, 11) is 0. The van der Waals surface area contributed by atoms with Gasteiger partial charge in [-0.05, 0) is 64.6 Å². The minimum absolute atomic E-state index is 0.194. The number of anilines is 1. The van der Waals surface area contributed by atoms with Crippen LogP contribution in [0.15, 0.2) is 30.7 Å². The van der Waals surface area contributed by atoms with Gasteiger partial charge in [0, 0.05) is 44.2 Å². The highest BCUT2D eigenvalue weighted by atomic mass is 16.5. The Bertz CT molecular complexity index is 1240. The summed E-state index contributed by atoms with van der Waals surface area (Å²) in [6, 6.07) is 6.47. The smallest absolute Gasteiger partial charge is 0.225 e. The van der Waals surface area contributed by atoms with Crippen LogP contribution in [0.25, 0.3) is 11.0 Å². The van der Waals surface area contributed by atoms with E-state index in [2.05, 4.69) is 34.8 Å². The molecule has 38 heavy (non-hydrogen) atoms. The third kappa shape index (κ3) is 5.18. The largest absolute Gasteiger partial charge is 0.478 e. The highest BCUT2D eigenvalue weighted by Crippen LogP contribution is 2.31. The summed E-state index contributed by atoms with van der Waals surface area (Å²) in [5, 5.41) is 5.52. The summed E-state index contributed by atoms with van der Waals surface area (Å²) in [6.45, 7) is 8.53. The number of likely N-dealkylation sites (tertiary alicyclic amines) is 1. The lowest BCUT2D eigenvalue weighted by Gasteiger charge is -2.39. The van der Waals surface area contributed by atoms with Crippen LogP contribution in [0.3, 0.4) is 0 Å². The zero-order valence-electron chi connectivity index (χ0n) is 22.3. The molecule has 0 unspecified atom stereocenters. The fourth-order valence-electron chi connectivity index (χ4n) is 6.37. The Hall–Kier alpha value is -3.27. The third-order valence-electron chi connectivity index (χ3n) is 8.39. The Balaban J connectivity index is 1.07. The van der Waals surface area contributed by atoms with Gasteiger partial charge in [0.15, 0.2) is 5.65 Å². The SMILES string of the molecule is CCOc1cccc(Cn2ncc3c(N4CCN(C(=O)[C@H]5CC[C@H](N6CCCC6)CC5)CC4)ncnc32)n1. The van der Waals surface area contributed by atoms with E-state index in [1.165, 1.54) is 38.8 Å². The maximum absolute atomic E-state index is 13.3. The van der Waals surface area contributed by atoms with Gasteiger partial charge in [-0.3, -0.25) is 4.79 Å². The van der Waals surface area contributed by atoms with E-state index in [0.29, 0.717) is 31.0 Å². The molecule has 2 saturated heterocycles. The summed E-state index contributed by atoms with van der Waals surface area (Å²) >= 11 is 0. The summed E-state index contributed by atoms with van der Waals surface area (Å²) in [6.07, 6.45) is 10.5. The Morgan fingerprint density at radius 2 is 1.79 bits per heavy atom. The molecule has 0 radical (unpaired) electrons. The maximum atomic E-state index is 13.3. The molecule has 5 heterocycles. The Kier molecular flexibility index (Phi) is 7.40. The lowest BCUT2D eigenvalue weighted by atomic mass is 9.84. The van der Waals surface area contributed by atoms with Crippen molar-refractivity contribution in [1.82, 2.24) is 34.5 Å². The Morgan fingerprint density at radius 1 is 1.00 bits per heavy atom. The third-order valence-corrected chi connectivity index (χ3v) is 8.39. The fraction of sp³-hybridized carbons (Fsp3) is 0.607. The van der Waals surface area contributed by atoms with Crippen molar-refractivity contribution in [2.24, 2.45) is 5.92 Å². The zero-order valence-corrected chi connectivity index (χ0v) is 22.3. The molecule has 0 bridgehead atoms. The quantitative estimate of drug-likeness (QED) is 0.471. The van der Waals surface area contributed by atoms with Crippen LogP contribution in [-0.4, -0.2) is 92.4 Å². The molecule has 3 aromatic heterocycles. The van der Waals surface area contributed by atoms with Crippen molar-refractivity contribution in [3.63, 3.8) is 0 Å². The van der Waals surface area contributed by atoms with E-state index < -0.39 is 0 Å². The Labute approximate surface area is 224 Å². The first kappa shape index (κ1) is 25.0. The lowest BCUT2D eigenvalue weighted by Crippen LogP contribution is -2.51. The van der Waals surface area contributed by atoms with Crippen LogP contribution in [0.2, 0.25) is 0 Å². The minimum Gasteiger partial charge on any atom is -0.478 e. The van der Waals surface area contributed by atoms with E-state index in [9.17, 15) is 4.79 Å². The molecule has 2 aliphatic heterocycles. The first-order chi connectivity index (χ1) is 18.7. The normalized spacial score (nSPS) is 22.8. The van der Waals surface area contributed by atoms with E-state index in [1.807, 2.05) is 36.0 Å². The lowest BCUT2D eigenvalue weighted by molar-refractivity contribution is -0.137. The molecule has 1 aliphatic carbocycles. The molecule has 3 aromatic rings. The molecule has 10 nitrogen and oxygen atoms in total. The standard InChI is InChI=1S/C28H38N8O2/c1-2-38-25-7-5-6-22(32-25)19-36-27-24(18-31-36)26(29-20-30-27)34-14-16-35(17-15-34)28(37)21-8-10-23(11-9-21)33-12-3-4-13-33/h5-7,18,20-21,23H,2-4,8-17,19H2,1H3/t21-,23-. The molecule has 202 valence electrons. The van der Waals surface area contributed by atoms with Gasteiger partial charge in [0.05, 0.1) is 30.4 Å². The summed E-state index contributed by atoms with van der Waals surface area (Å²) < 4.78 is 7.40. The van der Waals surface area contributed by atoms with Crippen molar-refractivity contribution >= 4 is 22.8 Å².